The maximum absolute atomic E-state index is 12.4. The number of hydrogen-bond donors (Lipinski definition) is 0. The predicted molar refractivity (Wildman–Crippen MR) is 103 cm³/mol. The Kier molecular flexibility index (Phi) is 5.96. The number of hydrogen-bond acceptors (Lipinski definition) is 5. The first-order valence-corrected chi connectivity index (χ1v) is 9.28. The number of amides is 1. The number of pyridine rings is 1. The van der Waals surface area contributed by atoms with Gasteiger partial charge in [-0.05, 0) is 36.8 Å². The topological polar surface area (TPSA) is 55.3 Å². The van der Waals surface area contributed by atoms with E-state index < -0.39 is 0 Å². The fourth-order valence-electron chi connectivity index (χ4n) is 2.43. The van der Waals surface area contributed by atoms with E-state index in [1.165, 1.54) is 11.3 Å². The van der Waals surface area contributed by atoms with Crippen molar-refractivity contribution < 1.29 is 9.53 Å². The van der Waals surface area contributed by atoms with E-state index in [4.69, 9.17) is 4.74 Å². The van der Waals surface area contributed by atoms with Gasteiger partial charge >= 0.3 is 0 Å². The summed E-state index contributed by atoms with van der Waals surface area (Å²) in [7, 11) is 1.79. The van der Waals surface area contributed by atoms with Crippen LogP contribution in [0.25, 0.3) is 10.6 Å². The summed E-state index contributed by atoms with van der Waals surface area (Å²) < 4.78 is 5.71. The fraction of sp³-hybridized carbons (Fsp3) is 0.250. The molecule has 0 aliphatic carbocycles. The normalized spacial score (nSPS) is 10.5. The lowest BCUT2D eigenvalue weighted by Crippen LogP contribution is -2.32. The number of carbonyl (C=O) groups is 1. The SMILES string of the molecule is Cc1cccc(OCCN(C)C(=O)Cc2csc(-c3cccnc3)n2)c1. The lowest BCUT2D eigenvalue weighted by Gasteiger charge is -2.17. The van der Waals surface area contributed by atoms with Crippen molar-refractivity contribution in [3.63, 3.8) is 0 Å². The maximum atomic E-state index is 12.4. The summed E-state index contributed by atoms with van der Waals surface area (Å²) in [4.78, 5) is 22.7. The van der Waals surface area contributed by atoms with Crippen LogP contribution in [-0.4, -0.2) is 41.0 Å². The molecule has 0 radical (unpaired) electrons. The second-order valence-electron chi connectivity index (χ2n) is 6.04. The average Bonchev–Trinajstić information content (AvgIpc) is 3.11. The molecular formula is C20H21N3O2S. The summed E-state index contributed by atoms with van der Waals surface area (Å²) in [5.41, 5.74) is 2.90. The summed E-state index contributed by atoms with van der Waals surface area (Å²) in [6, 6.07) is 11.7. The lowest BCUT2D eigenvalue weighted by molar-refractivity contribution is -0.129. The summed E-state index contributed by atoms with van der Waals surface area (Å²) in [6.45, 7) is 3.02. The van der Waals surface area contributed by atoms with Gasteiger partial charge in [0.2, 0.25) is 5.91 Å². The monoisotopic (exact) mass is 367 g/mol. The van der Waals surface area contributed by atoms with Crippen molar-refractivity contribution in [3.05, 3.63) is 65.4 Å². The van der Waals surface area contributed by atoms with Gasteiger partial charge in [0, 0.05) is 30.4 Å². The third kappa shape index (κ3) is 4.89. The number of aromatic nitrogens is 2. The van der Waals surface area contributed by atoms with Gasteiger partial charge < -0.3 is 9.64 Å². The van der Waals surface area contributed by atoms with Crippen molar-refractivity contribution in [3.8, 4) is 16.3 Å². The zero-order chi connectivity index (χ0) is 18.4. The van der Waals surface area contributed by atoms with Gasteiger partial charge in [-0.2, -0.15) is 0 Å². The second kappa shape index (κ2) is 8.58. The molecule has 0 saturated carbocycles. The highest BCUT2D eigenvalue weighted by molar-refractivity contribution is 7.13. The molecule has 0 aliphatic rings. The first-order valence-electron chi connectivity index (χ1n) is 8.40. The Bertz CT molecular complexity index is 864. The fourth-order valence-corrected chi connectivity index (χ4v) is 3.24. The Morgan fingerprint density at radius 2 is 2.15 bits per heavy atom. The molecule has 3 rings (SSSR count). The Hall–Kier alpha value is -2.73. The van der Waals surface area contributed by atoms with Crippen LogP contribution in [0.4, 0.5) is 0 Å². The molecule has 0 aliphatic heterocycles. The first-order chi connectivity index (χ1) is 12.6. The third-order valence-electron chi connectivity index (χ3n) is 3.90. The average molecular weight is 367 g/mol. The third-order valence-corrected chi connectivity index (χ3v) is 4.84. The lowest BCUT2D eigenvalue weighted by atomic mass is 10.2. The summed E-state index contributed by atoms with van der Waals surface area (Å²) in [5, 5.41) is 2.81. The van der Waals surface area contributed by atoms with E-state index in [0.29, 0.717) is 13.2 Å². The van der Waals surface area contributed by atoms with Crippen LogP contribution >= 0.6 is 11.3 Å². The summed E-state index contributed by atoms with van der Waals surface area (Å²) in [5.74, 6) is 0.854. The Morgan fingerprint density at radius 1 is 1.27 bits per heavy atom. The van der Waals surface area contributed by atoms with Crippen LogP contribution in [0.1, 0.15) is 11.3 Å². The highest BCUT2D eigenvalue weighted by atomic mass is 32.1. The van der Waals surface area contributed by atoms with Crippen molar-refractivity contribution >= 4 is 17.2 Å². The highest BCUT2D eigenvalue weighted by Crippen LogP contribution is 2.23. The smallest absolute Gasteiger partial charge is 0.228 e. The van der Waals surface area contributed by atoms with Gasteiger partial charge in [0.05, 0.1) is 18.7 Å². The predicted octanol–water partition coefficient (Wildman–Crippen LogP) is 3.59. The van der Waals surface area contributed by atoms with Crippen LogP contribution in [0.2, 0.25) is 0 Å². The van der Waals surface area contributed by atoms with Gasteiger partial charge in [-0.15, -0.1) is 11.3 Å². The van der Waals surface area contributed by atoms with Gasteiger partial charge in [0.25, 0.3) is 0 Å². The number of likely N-dealkylation sites (N-methyl/N-ethyl adjacent to an activating group) is 1. The van der Waals surface area contributed by atoms with Crippen LogP contribution in [-0.2, 0) is 11.2 Å². The van der Waals surface area contributed by atoms with E-state index in [9.17, 15) is 4.79 Å². The number of thiazole rings is 1. The molecule has 1 amide bonds. The molecule has 26 heavy (non-hydrogen) atoms. The molecular weight excluding hydrogens is 346 g/mol. The first kappa shape index (κ1) is 18.1. The van der Waals surface area contributed by atoms with Crippen LogP contribution in [0, 0.1) is 6.92 Å². The number of carbonyl (C=O) groups excluding carboxylic acids is 1. The number of aryl methyl sites for hydroxylation is 1. The summed E-state index contributed by atoms with van der Waals surface area (Å²) in [6.07, 6.45) is 3.80. The minimum absolute atomic E-state index is 0.0286. The Morgan fingerprint density at radius 3 is 2.92 bits per heavy atom. The molecule has 2 aromatic heterocycles. The van der Waals surface area contributed by atoms with Gasteiger partial charge in [-0.1, -0.05) is 12.1 Å². The quantitative estimate of drug-likeness (QED) is 0.640. The van der Waals surface area contributed by atoms with E-state index in [2.05, 4.69) is 9.97 Å². The molecule has 3 aromatic rings. The van der Waals surface area contributed by atoms with Crippen LogP contribution in [0.3, 0.4) is 0 Å². The van der Waals surface area contributed by atoms with Gasteiger partial charge in [-0.25, -0.2) is 4.98 Å². The molecule has 1 aromatic carbocycles. The molecule has 0 bridgehead atoms. The molecule has 0 saturated heterocycles. The van der Waals surface area contributed by atoms with Gasteiger partial charge in [-0.3, -0.25) is 9.78 Å². The van der Waals surface area contributed by atoms with E-state index in [-0.39, 0.29) is 12.3 Å². The zero-order valence-electron chi connectivity index (χ0n) is 14.9. The summed E-state index contributed by atoms with van der Waals surface area (Å²) >= 11 is 1.53. The van der Waals surface area contributed by atoms with E-state index in [0.717, 1.165) is 27.6 Å². The zero-order valence-corrected chi connectivity index (χ0v) is 15.7. The molecule has 0 spiro atoms. The van der Waals surface area contributed by atoms with Crippen molar-refractivity contribution in [2.75, 3.05) is 20.2 Å². The number of ether oxygens (including phenoxy) is 1. The highest BCUT2D eigenvalue weighted by Gasteiger charge is 2.13. The maximum Gasteiger partial charge on any atom is 0.228 e. The number of rotatable bonds is 7. The second-order valence-corrected chi connectivity index (χ2v) is 6.90. The Balaban J connectivity index is 1.49. The van der Waals surface area contributed by atoms with Gasteiger partial charge in [0.15, 0.2) is 0 Å². The molecule has 5 nitrogen and oxygen atoms in total. The Labute approximate surface area is 157 Å². The minimum Gasteiger partial charge on any atom is -0.492 e. The molecule has 134 valence electrons. The molecule has 0 fully saturated rings. The van der Waals surface area contributed by atoms with E-state index in [1.807, 2.05) is 48.7 Å². The molecule has 0 atom stereocenters. The van der Waals surface area contributed by atoms with Crippen molar-refractivity contribution in [1.29, 1.82) is 0 Å². The van der Waals surface area contributed by atoms with Crippen LogP contribution in [0.15, 0.2) is 54.2 Å². The van der Waals surface area contributed by atoms with Gasteiger partial charge in [0.1, 0.15) is 17.4 Å². The molecule has 0 N–H and O–H groups in total. The number of benzene rings is 1. The largest absolute Gasteiger partial charge is 0.492 e. The molecule has 6 heteroatoms. The van der Waals surface area contributed by atoms with E-state index >= 15 is 0 Å². The molecule has 0 unspecified atom stereocenters. The van der Waals surface area contributed by atoms with Crippen molar-refractivity contribution in [2.24, 2.45) is 0 Å². The van der Waals surface area contributed by atoms with E-state index in [1.54, 1.807) is 24.3 Å². The van der Waals surface area contributed by atoms with Crippen molar-refractivity contribution in [1.82, 2.24) is 14.9 Å². The van der Waals surface area contributed by atoms with Crippen LogP contribution < -0.4 is 4.74 Å². The minimum atomic E-state index is 0.0286. The van der Waals surface area contributed by atoms with Crippen LogP contribution in [0.5, 0.6) is 5.75 Å². The number of nitrogens with zero attached hydrogens (tertiary/aromatic N) is 3. The standard InChI is InChI=1S/C20H21N3O2S/c1-15-5-3-7-18(11-15)25-10-9-23(2)19(24)12-17-14-26-20(22-17)16-6-4-8-21-13-16/h3-8,11,13-14H,9-10,12H2,1-2H3. The van der Waals surface area contributed by atoms with Crippen molar-refractivity contribution in [2.45, 2.75) is 13.3 Å². The molecule has 2 heterocycles.